The Morgan fingerprint density at radius 1 is 1.06 bits per heavy atom. The molecule has 1 fully saturated rings. The molecule has 8 nitrogen and oxygen atoms in total. The van der Waals surface area contributed by atoms with Crippen LogP contribution in [0.4, 0.5) is 5.69 Å². The minimum atomic E-state index is -3.89. The molecule has 0 unspecified atom stereocenters. The van der Waals surface area contributed by atoms with Crippen LogP contribution >= 0.6 is 0 Å². The van der Waals surface area contributed by atoms with Crippen LogP contribution < -0.4 is 10.4 Å². The third kappa shape index (κ3) is 4.77. The first-order chi connectivity index (χ1) is 16.5. The molecule has 2 heterocycles. The molecule has 1 saturated heterocycles. The summed E-state index contributed by atoms with van der Waals surface area (Å²) in [7, 11) is -3.89. The van der Waals surface area contributed by atoms with Crippen LogP contribution in [0.2, 0.25) is 0 Å². The summed E-state index contributed by atoms with van der Waals surface area (Å²) in [4.78, 5) is 12.7. The number of hydrogen-bond acceptors (Lipinski definition) is 5. The van der Waals surface area contributed by atoms with Gasteiger partial charge in [0.2, 0.25) is 0 Å². The Bertz CT molecular complexity index is 1390. The molecule has 1 N–H and O–H groups in total. The highest BCUT2D eigenvalue weighted by Gasteiger charge is 2.40. The van der Waals surface area contributed by atoms with Crippen LogP contribution in [0.5, 0.6) is 0 Å². The number of rotatable bonds is 7. The fourth-order valence-corrected chi connectivity index (χ4v) is 6.07. The van der Waals surface area contributed by atoms with Crippen molar-refractivity contribution in [2.75, 3.05) is 11.3 Å². The minimum absolute atomic E-state index is 0.0138. The SMILES string of the molecule is CCn1c(=O)n(CC)c2cc(S(=O)(=O)Nc3cccc([C@@H]4OCC(C)(C)[C@@H](C(C)C)O4)c3)ccc21. The second kappa shape index (κ2) is 9.44. The fraction of sp³-hybridized carbons (Fsp3) is 0.500. The molecule has 9 heteroatoms. The number of nitrogens with zero attached hydrogens (tertiary/aromatic N) is 2. The summed E-state index contributed by atoms with van der Waals surface area (Å²) in [5, 5.41) is 0. The van der Waals surface area contributed by atoms with Crippen LogP contribution in [0.3, 0.4) is 0 Å². The van der Waals surface area contributed by atoms with E-state index in [0.717, 1.165) is 11.1 Å². The Labute approximate surface area is 206 Å². The van der Waals surface area contributed by atoms with Crippen LogP contribution in [-0.4, -0.2) is 30.3 Å². The molecular formula is C26H35N3O5S. The van der Waals surface area contributed by atoms with E-state index in [9.17, 15) is 13.2 Å². The van der Waals surface area contributed by atoms with Gasteiger partial charge in [-0.1, -0.05) is 39.8 Å². The minimum Gasteiger partial charge on any atom is -0.348 e. The van der Waals surface area contributed by atoms with Crippen molar-refractivity contribution in [2.24, 2.45) is 11.3 Å². The molecule has 2 aromatic carbocycles. The number of imidazole rings is 1. The Morgan fingerprint density at radius 2 is 1.74 bits per heavy atom. The fourth-order valence-electron chi connectivity index (χ4n) is 5.00. The first kappa shape index (κ1) is 25.5. The summed E-state index contributed by atoms with van der Waals surface area (Å²) < 4.78 is 44.7. The number of ether oxygens (including phenoxy) is 2. The van der Waals surface area contributed by atoms with Crippen molar-refractivity contribution >= 4 is 26.7 Å². The topological polar surface area (TPSA) is 91.6 Å². The molecule has 0 spiro atoms. The molecule has 0 amide bonds. The number of fused-ring (bicyclic) bond motifs is 1. The van der Waals surface area contributed by atoms with Crippen LogP contribution in [0, 0.1) is 11.3 Å². The Hall–Kier alpha value is -2.62. The summed E-state index contributed by atoms with van der Waals surface area (Å²) in [5.41, 5.74) is 2.23. The van der Waals surface area contributed by atoms with Gasteiger partial charge in [-0.15, -0.1) is 0 Å². The van der Waals surface area contributed by atoms with Gasteiger partial charge in [0.15, 0.2) is 6.29 Å². The Kier molecular flexibility index (Phi) is 6.87. The zero-order valence-corrected chi connectivity index (χ0v) is 22.1. The van der Waals surface area contributed by atoms with Gasteiger partial charge >= 0.3 is 5.69 Å². The standard InChI is InChI=1S/C26H35N3O5S/c1-7-28-21-13-12-20(15-22(21)29(8-2)25(28)30)35(31,32)27-19-11-9-10-18(14-19)24-33-16-26(5,6)23(34-24)17(3)4/h9-15,17,23-24,27H,7-8,16H2,1-6H3/t23-,24-/m1/s1. The van der Waals surface area contributed by atoms with E-state index < -0.39 is 16.3 Å². The second-order valence-corrected chi connectivity index (χ2v) is 11.8. The lowest BCUT2D eigenvalue weighted by molar-refractivity contribution is -0.274. The predicted octanol–water partition coefficient (Wildman–Crippen LogP) is 4.74. The predicted molar refractivity (Wildman–Crippen MR) is 137 cm³/mol. The average Bonchev–Trinajstić information content (AvgIpc) is 3.08. The molecule has 0 radical (unpaired) electrons. The van der Waals surface area contributed by atoms with Crippen molar-refractivity contribution in [1.29, 1.82) is 0 Å². The van der Waals surface area contributed by atoms with Gasteiger partial charge in [0.1, 0.15) is 0 Å². The number of sulfonamides is 1. The first-order valence-corrected chi connectivity index (χ1v) is 13.6. The lowest BCUT2D eigenvalue weighted by atomic mass is 9.80. The summed E-state index contributed by atoms with van der Waals surface area (Å²) in [5.74, 6) is 0.316. The van der Waals surface area contributed by atoms with E-state index in [2.05, 4.69) is 32.4 Å². The second-order valence-electron chi connectivity index (χ2n) is 10.1. The maximum Gasteiger partial charge on any atom is 0.329 e. The smallest absolute Gasteiger partial charge is 0.329 e. The van der Waals surface area contributed by atoms with Gasteiger partial charge in [-0.05, 0) is 50.1 Å². The molecule has 0 aliphatic carbocycles. The van der Waals surface area contributed by atoms with Crippen LogP contribution in [0.15, 0.2) is 52.2 Å². The molecular weight excluding hydrogens is 466 g/mol. The normalized spacial score (nSPS) is 20.4. The van der Waals surface area contributed by atoms with Crippen molar-refractivity contribution in [2.45, 2.75) is 71.9 Å². The third-order valence-corrected chi connectivity index (χ3v) is 7.98. The maximum atomic E-state index is 13.3. The van der Waals surface area contributed by atoms with Gasteiger partial charge in [0.25, 0.3) is 10.0 Å². The highest BCUT2D eigenvalue weighted by molar-refractivity contribution is 7.92. The van der Waals surface area contributed by atoms with Crippen molar-refractivity contribution < 1.29 is 17.9 Å². The number of benzene rings is 2. The molecule has 35 heavy (non-hydrogen) atoms. The van der Waals surface area contributed by atoms with E-state index in [1.165, 1.54) is 6.07 Å². The van der Waals surface area contributed by atoms with Crippen molar-refractivity contribution in [3.05, 3.63) is 58.5 Å². The van der Waals surface area contributed by atoms with E-state index in [4.69, 9.17) is 9.47 Å². The first-order valence-electron chi connectivity index (χ1n) is 12.1. The van der Waals surface area contributed by atoms with E-state index in [1.54, 1.807) is 39.5 Å². The number of hydrogen-bond donors (Lipinski definition) is 1. The van der Waals surface area contributed by atoms with Crippen molar-refractivity contribution in [3.8, 4) is 0 Å². The quantitative estimate of drug-likeness (QED) is 0.505. The number of anilines is 1. The van der Waals surface area contributed by atoms with Gasteiger partial charge in [-0.2, -0.15) is 0 Å². The van der Waals surface area contributed by atoms with E-state index >= 15 is 0 Å². The molecule has 3 aromatic rings. The van der Waals surface area contributed by atoms with Gasteiger partial charge in [-0.3, -0.25) is 13.9 Å². The van der Waals surface area contributed by atoms with Gasteiger partial charge in [0, 0.05) is 29.8 Å². The monoisotopic (exact) mass is 501 g/mol. The van der Waals surface area contributed by atoms with E-state index in [-0.39, 0.29) is 22.1 Å². The molecule has 1 aromatic heterocycles. The van der Waals surface area contributed by atoms with Crippen molar-refractivity contribution in [1.82, 2.24) is 9.13 Å². The summed E-state index contributed by atoms with van der Waals surface area (Å²) >= 11 is 0. The molecule has 2 atom stereocenters. The van der Waals surface area contributed by atoms with Gasteiger partial charge < -0.3 is 9.47 Å². The van der Waals surface area contributed by atoms with Crippen LogP contribution in [0.1, 0.15) is 53.4 Å². The van der Waals surface area contributed by atoms with E-state index in [1.807, 2.05) is 19.9 Å². The Morgan fingerprint density at radius 3 is 2.40 bits per heavy atom. The maximum absolute atomic E-state index is 13.3. The Balaban J connectivity index is 1.62. The van der Waals surface area contributed by atoms with E-state index in [0.29, 0.717) is 36.8 Å². The molecule has 1 aliphatic heterocycles. The highest BCUT2D eigenvalue weighted by Crippen LogP contribution is 2.40. The zero-order valence-electron chi connectivity index (χ0n) is 21.2. The average molecular weight is 502 g/mol. The lowest BCUT2D eigenvalue weighted by Gasteiger charge is -2.44. The zero-order chi connectivity index (χ0) is 25.5. The number of aryl methyl sites for hydroxylation is 2. The van der Waals surface area contributed by atoms with Crippen LogP contribution in [-0.2, 0) is 32.6 Å². The highest BCUT2D eigenvalue weighted by atomic mass is 32.2. The summed E-state index contributed by atoms with van der Waals surface area (Å²) in [6.45, 7) is 13.8. The van der Waals surface area contributed by atoms with Gasteiger partial charge in [0.05, 0.1) is 28.6 Å². The largest absolute Gasteiger partial charge is 0.348 e. The molecule has 1 aliphatic rings. The third-order valence-electron chi connectivity index (χ3n) is 6.60. The van der Waals surface area contributed by atoms with Gasteiger partial charge in [-0.25, -0.2) is 13.2 Å². The van der Waals surface area contributed by atoms with Crippen molar-refractivity contribution in [3.63, 3.8) is 0 Å². The molecule has 0 bridgehead atoms. The molecule has 190 valence electrons. The number of nitrogens with one attached hydrogen (secondary N) is 1. The number of aromatic nitrogens is 2. The lowest BCUT2D eigenvalue weighted by Crippen LogP contribution is -2.45. The molecule has 0 saturated carbocycles. The summed E-state index contributed by atoms with van der Waals surface area (Å²) in [6, 6.07) is 11.9. The summed E-state index contributed by atoms with van der Waals surface area (Å²) in [6.07, 6.45) is -0.552. The molecule has 4 rings (SSSR count). The van der Waals surface area contributed by atoms with Crippen LogP contribution in [0.25, 0.3) is 11.0 Å².